The fourth-order valence-electron chi connectivity index (χ4n) is 2.02. The summed E-state index contributed by atoms with van der Waals surface area (Å²) in [5.74, 6) is 0.810. The molecular formula is C12H17N5. The van der Waals surface area contributed by atoms with Crippen LogP contribution in [-0.4, -0.2) is 29.4 Å². The molecule has 5 heteroatoms. The highest BCUT2D eigenvalue weighted by molar-refractivity contribution is 5.55. The molecule has 0 saturated heterocycles. The topological polar surface area (TPSA) is 65.7 Å². The van der Waals surface area contributed by atoms with Gasteiger partial charge in [0, 0.05) is 20.1 Å². The smallest absolute Gasteiger partial charge is 0.142 e. The minimum atomic E-state index is 0.641. The van der Waals surface area contributed by atoms with Crippen molar-refractivity contribution in [1.82, 2.24) is 15.1 Å². The fraction of sp³-hybridized carbons (Fsp3) is 0.500. The van der Waals surface area contributed by atoms with E-state index in [1.54, 1.807) is 4.68 Å². The van der Waals surface area contributed by atoms with E-state index in [0.29, 0.717) is 5.56 Å². The van der Waals surface area contributed by atoms with E-state index in [2.05, 4.69) is 27.9 Å². The van der Waals surface area contributed by atoms with Crippen LogP contribution in [0, 0.1) is 18.3 Å². The second kappa shape index (κ2) is 5.02. The van der Waals surface area contributed by atoms with Crippen LogP contribution in [0.4, 0.5) is 5.82 Å². The largest absolute Gasteiger partial charge is 0.365 e. The zero-order valence-corrected chi connectivity index (χ0v) is 10.2. The Morgan fingerprint density at radius 1 is 1.65 bits per heavy atom. The molecule has 0 radical (unpaired) electrons. The van der Waals surface area contributed by atoms with E-state index < -0.39 is 0 Å². The molecule has 0 fully saturated rings. The second-order valence-corrected chi connectivity index (χ2v) is 4.21. The number of aryl methyl sites for hydroxylation is 2. The van der Waals surface area contributed by atoms with Crippen molar-refractivity contribution in [3.8, 4) is 6.07 Å². The van der Waals surface area contributed by atoms with E-state index in [9.17, 15) is 0 Å². The lowest BCUT2D eigenvalue weighted by Crippen LogP contribution is -2.23. The number of hydrogen-bond donors (Lipinski definition) is 2. The molecule has 0 saturated carbocycles. The molecule has 0 amide bonds. The van der Waals surface area contributed by atoms with Crippen LogP contribution in [0.5, 0.6) is 0 Å². The zero-order chi connectivity index (χ0) is 12.3. The maximum atomic E-state index is 9.08. The van der Waals surface area contributed by atoms with Crippen molar-refractivity contribution >= 4 is 5.82 Å². The Bertz CT molecular complexity index is 478. The molecule has 0 spiro atoms. The van der Waals surface area contributed by atoms with Gasteiger partial charge in [0.05, 0.1) is 5.69 Å². The molecule has 1 aromatic rings. The van der Waals surface area contributed by atoms with Gasteiger partial charge in [-0.3, -0.25) is 4.68 Å². The summed E-state index contributed by atoms with van der Waals surface area (Å²) >= 11 is 0. The molecule has 0 atom stereocenters. The number of nitriles is 1. The molecule has 2 rings (SSSR count). The summed E-state index contributed by atoms with van der Waals surface area (Å²) in [6, 6.07) is 2.19. The number of nitrogens with zero attached hydrogens (tertiary/aromatic N) is 3. The standard InChI is InChI=1S/C12H17N5/c1-9-11(7-13)12(17(2)16-9)15-8-10-3-5-14-6-4-10/h3,14-15H,4-6,8H2,1-2H3. The Balaban J connectivity index is 2.09. The van der Waals surface area contributed by atoms with Crippen LogP contribution in [0.25, 0.3) is 0 Å². The van der Waals surface area contributed by atoms with Gasteiger partial charge in [-0.2, -0.15) is 10.4 Å². The Hall–Kier alpha value is -1.80. The van der Waals surface area contributed by atoms with Gasteiger partial charge in [0.25, 0.3) is 0 Å². The summed E-state index contributed by atoms with van der Waals surface area (Å²) in [6.45, 7) is 4.61. The third-order valence-electron chi connectivity index (χ3n) is 2.97. The molecule has 1 aliphatic rings. The van der Waals surface area contributed by atoms with Crippen molar-refractivity contribution < 1.29 is 0 Å². The number of rotatable bonds is 3. The van der Waals surface area contributed by atoms with Gasteiger partial charge in [0.1, 0.15) is 17.5 Å². The van der Waals surface area contributed by atoms with E-state index in [-0.39, 0.29) is 0 Å². The number of aromatic nitrogens is 2. The summed E-state index contributed by atoms with van der Waals surface area (Å²) in [6.07, 6.45) is 3.26. The average molecular weight is 231 g/mol. The molecule has 0 unspecified atom stereocenters. The monoisotopic (exact) mass is 231 g/mol. The Morgan fingerprint density at radius 2 is 2.47 bits per heavy atom. The van der Waals surface area contributed by atoms with Gasteiger partial charge in [-0.25, -0.2) is 0 Å². The average Bonchev–Trinajstić information content (AvgIpc) is 2.62. The van der Waals surface area contributed by atoms with E-state index in [1.807, 2.05) is 14.0 Å². The fourth-order valence-corrected chi connectivity index (χ4v) is 2.02. The van der Waals surface area contributed by atoms with Crippen LogP contribution in [0.1, 0.15) is 17.7 Å². The summed E-state index contributed by atoms with van der Waals surface area (Å²) in [4.78, 5) is 0. The lowest BCUT2D eigenvalue weighted by atomic mass is 10.1. The molecule has 90 valence electrons. The van der Waals surface area contributed by atoms with E-state index in [4.69, 9.17) is 5.26 Å². The predicted octanol–water partition coefficient (Wildman–Crippen LogP) is 0.932. The predicted molar refractivity (Wildman–Crippen MR) is 66.7 cm³/mol. The third kappa shape index (κ3) is 2.48. The highest BCUT2D eigenvalue weighted by Gasteiger charge is 2.12. The van der Waals surface area contributed by atoms with Crippen molar-refractivity contribution in [2.75, 3.05) is 25.0 Å². The molecule has 2 heterocycles. The van der Waals surface area contributed by atoms with E-state index in [0.717, 1.165) is 37.6 Å². The van der Waals surface area contributed by atoms with Crippen LogP contribution < -0.4 is 10.6 Å². The first kappa shape index (κ1) is 11.7. The summed E-state index contributed by atoms with van der Waals surface area (Å²) in [7, 11) is 1.85. The number of nitrogens with one attached hydrogen (secondary N) is 2. The lowest BCUT2D eigenvalue weighted by molar-refractivity contribution is 0.695. The van der Waals surface area contributed by atoms with Gasteiger partial charge in [-0.1, -0.05) is 11.6 Å². The highest BCUT2D eigenvalue weighted by Crippen LogP contribution is 2.18. The van der Waals surface area contributed by atoms with Crippen molar-refractivity contribution in [2.45, 2.75) is 13.3 Å². The molecule has 0 aliphatic carbocycles. The van der Waals surface area contributed by atoms with Crippen molar-refractivity contribution in [3.63, 3.8) is 0 Å². The minimum Gasteiger partial charge on any atom is -0.365 e. The first-order valence-corrected chi connectivity index (χ1v) is 5.78. The quantitative estimate of drug-likeness (QED) is 0.760. The normalized spacial score (nSPS) is 15.2. The van der Waals surface area contributed by atoms with Crippen LogP contribution in [0.3, 0.4) is 0 Å². The molecule has 1 aromatic heterocycles. The van der Waals surface area contributed by atoms with Gasteiger partial charge >= 0.3 is 0 Å². The van der Waals surface area contributed by atoms with Crippen molar-refractivity contribution in [1.29, 1.82) is 5.26 Å². The van der Waals surface area contributed by atoms with Gasteiger partial charge in [-0.05, 0) is 19.9 Å². The van der Waals surface area contributed by atoms with E-state index in [1.165, 1.54) is 5.57 Å². The van der Waals surface area contributed by atoms with Crippen LogP contribution in [0.15, 0.2) is 11.6 Å². The SMILES string of the molecule is Cc1nn(C)c(NCC2=CCNCC2)c1C#N. The maximum absolute atomic E-state index is 9.08. The summed E-state index contributed by atoms with van der Waals surface area (Å²) in [5.41, 5.74) is 2.80. The Labute approximate surface area is 101 Å². The van der Waals surface area contributed by atoms with E-state index >= 15 is 0 Å². The van der Waals surface area contributed by atoms with Crippen molar-refractivity contribution in [3.05, 3.63) is 22.9 Å². The summed E-state index contributed by atoms with van der Waals surface area (Å²) < 4.78 is 1.73. The van der Waals surface area contributed by atoms with Gasteiger partial charge in [0.15, 0.2) is 0 Å². The van der Waals surface area contributed by atoms with Crippen LogP contribution >= 0.6 is 0 Å². The molecule has 5 nitrogen and oxygen atoms in total. The molecule has 17 heavy (non-hydrogen) atoms. The maximum Gasteiger partial charge on any atom is 0.142 e. The third-order valence-corrected chi connectivity index (χ3v) is 2.97. The molecule has 1 aliphatic heterocycles. The van der Waals surface area contributed by atoms with Gasteiger partial charge in [0.2, 0.25) is 0 Å². The minimum absolute atomic E-state index is 0.641. The van der Waals surface area contributed by atoms with Crippen LogP contribution in [0.2, 0.25) is 0 Å². The molecule has 2 N–H and O–H groups in total. The van der Waals surface area contributed by atoms with Gasteiger partial charge < -0.3 is 10.6 Å². The Kier molecular flexibility index (Phi) is 3.45. The number of hydrogen-bond acceptors (Lipinski definition) is 4. The van der Waals surface area contributed by atoms with Crippen molar-refractivity contribution in [2.24, 2.45) is 7.05 Å². The zero-order valence-electron chi connectivity index (χ0n) is 10.2. The first-order chi connectivity index (χ1) is 8.22. The number of anilines is 1. The van der Waals surface area contributed by atoms with Gasteiger partial charge in [-0.15, -0.1) is 0 Å². The lowest BCUT2D eigenvalue weighted by Gasteiger charge is -2.15. The Morgan fingerprint density at radius 3 is 3.12 bits per heavy atom. The van der Waals surface area contributed by atoms with Crippen LogP contribution in [-0.2, 0) is 7.05 Å². The molecule has 0 bridgehead atoms. The second-order valence-electron chi connectivity index (χ2n) is 4.21. The highest BCUT2D eigenvalue weighted by atomic mass is 15.3. The first-order valence-electron chi connectivity index (χ1n) is 5.78. The molecular weight excluding hydrogens is 214 g/mol. The molecule has 0 aromatic carbocycles. The summed E-state index contributed by atoms with van der Waals surface area (Å²) in [5, 5.41) is 19.9.